The first-order valence-corrected chi connectivity index (χ1v) is 5.72. The van der Waals surface area contributed by atoms with Crippen molar-refractivity contribution in [3.63, 3.8) is 0 Å². The summed E-state index contributed by atoms with van der Waals surface area (Å²) in [5.41, 5.74) is 0. The van der Waals surface area contributed by atoms with Gasteiger partial charge in [0.25, 0.3) is 0 Å². The van der Waals surface area contributed by atoms with E-state index in [1.165, 1.54) is 6.92 Å². The van der Waals surface area contributed by atoms with E-state index in [1.54, 1.807) is 0 Å². The number of alkyl halides is 3. The van der Waals surface area contributed by atoms with Gasteiger partial charge in [0.2, 0.25) is 0 Å². The number of morpholine rings is 1. The van der Waals surface area contributed by atoms with Crippen molar-refractivity contribution in [1.29, 1.82) is 0 Å². The lowest BCUT2D eigenvalue weighted by atomic mass is 10.2. The maximum absolute atomic E-state index is 12.5. The molecule has 19 heavy (non-hydrogen) atoms. The third kappa shape index (κ3) is 4.27. The number of nitrogens with zero attached hydrogens (tertiary/aromatic N) is 1. The molecule has 1 fully saturated rings. The molecule has 1 aliphatic rings. The Morgan fingerprint density at radius 2 is 2.16 bits per heavy atom. The summed E-state index contributed by atoms with van der Waals surface area (Å²) in [6, 6.07) is -2.87. The fourth-order valence-electron chi connectivity index (χ4n) is 1.64. The van der Waals surface area contributed by atoms with Gasteiger partial charge in [-0.05, 0) is 6.42 Å². The number of halogens is 3. The number of aliphatic carboxylic acids is 1. The zero-order chi connectivity index (χ0) is 14.6. The molecule has 1 unspecified atom stereocenters. The van der Waals surface area contributed by atoms with Crippen LogP contribution in [0.1, 0.15) is 13.3 Å². The molecule has 6 nitrogen and oxygen atoms in total. The fraction of sp³-hybridized carbons (Fsp3) is 0.800. The number of carbonyl (C=O) groups excluding carboxylic acids is 1. The standard InChI is InChI=1S/C10H15F3N2O4/c1-2-7(10(11,12)13)14-9(18)15-3-4-19-6(5-15)8(16)17/h6-7H,2-5H2,1H3,(H,14,18)(H,16,17)/t6?,7-/m0/s1. The number of hydrogen-bond acceptors (Lipinski definition) is 3. The second-order valence-electron chi connectivity index (χ2n) is 4.10. The van der Waals surface area contributed by atoms with Crippen molar-refractivity contribution in [3.8, 4) is 0 Å². The lowest BCUT2D eigenvalue weighted by Crippen LogP contribution is -2.55. The van der Waals surface area contributed by atoms with E-state index in [9.17, 15) is 22.8 Å². The molecule has 0 radical (unpaired) electrons. The molecule has 2 atom stereocenters. The molecule has 0 aromatic carbocycles. The van der Waals surface area contributed by atoms with E-state index in [0.717, 1.165) is 4.90 Å². The van der Waals surface area contributed by atoms with Crippen LogP contribution in [0.3, 0.4) is 0 Å². The van der Waals surface area contributed by atoms with Gasteiger partial charge in [-0.1, -0.05) is 6.92 Å². The SMILES string of the molecule is CC[C@H](NC(=O)N1CCOC(C(=O)O)C1)C(F)(F)F. The largest absolute Gasteiger partial charge is 0.479 e. The molecule has 9 heteroatoms. The lowest BCUT2D eigenvalue weighted by Gasteiger charge is -2.32. The second kappa shape index (κ2) is 6.09. The normalized spacial score (nSPS) is 21.9. The zero-order valence-electron chi connectivity index (χ0n) is 10.2. The average Bonchev–Trinajstić information content (AvgIpc) is 2.34. The van der Waals surface area contributed by atoms with Crippen LogP contribution in [-0.2, 0) is 9.53 Å². The van der Waals surface area contributed by atoms with Crippen LogP contribution in [0.25, 0.3) is 0 Å². The van der Waals surface area contributed by atoms with Crippen molar-refractivity contribution in [2.24, 2.45) is 0 Å². The summed E-state index contributed by atoms with van der Waals surface area (Å²) < 4.78 is 42.4. The fourth-order valence-corrected chi connectivity index (χ4v) is 1.64. The van der Waals surface area contributed by atoms with Crippen molar-refractivity contribution in [3.05, 3.63) is 0 Å². The smallest absolute Gasteiger partial charge is 0.408 e. The highest BCUT2D eigenvalue weighted by Gasteiger charge is 2.40. The average molecular weight is 284 g/mol. The van der Waals surface area contributed by atoms with E-state index in [4.69, 9.17) is 9.84 Å². The lowest BCUT2D eigenvalue weighted by molar-refractivity contribution is -0.157. The van der Waals surface area contributed by atoms with Crippen LogP contribution >= 0.6 is 0 Å². The molecule has 0 bridgehead atoms. The van der Waals surface area contributed by atoms with E-state index < -0.39 is 30.3 Å². The molecule has 0 spiro atoms. The zero-order valence-corrected chi connectivity index (χ0v) is 10.2. The number of carboxylic acids is 1. The Kier molecular flexibility index (Phi) is 4.98. The van der Waals surface area contributed by atoms with Gasteiger partial charge in [0.1, 0.15) is 6.04 Å². The third-order valence-electron chi connectivity index (χ3n) is 2.73. The highest BCUT2D eigenvalue weighted by Crippen LogP contribution is 2.22. The van der Waals surface area contributed by atoms with Gasteiger partial charge >= 0.3 is 18.2 Å². The van der Waals surface area contributed by atoms with Gasteiger partial charge in [-0.3, -0.25) is 0 Å². The summed E-state index contributed by atoms with van der Waals surface area (Å²) in [5, 5.41) is 10.6. The molecule has 1 aliphatic heterocycles. The predicted octanol–water partition coefficient (Wildman–Crippen LogP) is 0.822. The molecule has 110 valence electrons. The Hall–Kier alpha value is -1.51. The van der Waals surface area contributed by atoms with Crippen LogP contribution in [0.4, 0.5) is 18.0 Å². The molecule has 2 amide bonds. The summed E-state index contributed by atoms with van der Waals surface area (Å²) in [6.45, 7) is 1.07. The van der Waals surface area contributed by atoms with Crippen molar-refractivity contribution < 1.29 is 32.6 Å². The first-order valence-electron chi connectivity index (χ1n) is 5.72. The maximum atomic E-state index is 12.5. The van der Waals surface area contributed by atoms with Crippen LogP contribution in [0.2, 0.25) is 0 Å². The first kappa shape index (κ1) is 15.5. The minimum Gasteiger partial charge on any atom is -0.479 e. The van der Waals surface area contributed by atoms with Crippen LogP contribution in [0, 0.1) is 0 Å². The van der Waals surface area contributed by atoms with Crippen molar-refractivity contribution in [2.75, 3.05) is 19.7 Å². The molecule has 0 aromatic heterocycles. The second-order valence-corrected chi connectivity index (χ2v) is 4.10. The summed E-state index contributed by atoms with van der Waals surface area (Å²) in [4.78, 5) is 23.4. The van der Waals surface area contributed by atoms with Crippen LogP contribution in [-0.4, -0.2) is 60.0 Å². The number of amides is 2. The van der Waals surface area contributed by atoms with E-state index in [-0.39, 0.29) is 26.1 Å². The van der Waals surface area contributed by atoms with E-state index in [2.05, 4.69) is 0 Å². The number of ether oxygens (including phenoxy) is 1. The number of carboxylic acid groups (broad SMARTS) is 1. The third-order valence-corrected chi connectivity index (χ3v) is 2.73. The van der Waals surface area contributed by atoms with Gasteiger partial charge in [0, 0.05) is 6.54 Å². The molecular formula is C10H15F3N2O4. The highest BCUT2D eigenvalue weighted by molar-refractivity contribution is 5.77. The predicted molar refractivity (Wildman–Crippen MR) is 57.6 cm³/mol. The van der Waals surface area contributed by atoms with Crippen LogP contribution in [0.15, 0.2) is 0 Å². The molecule has 2 N–H and O–H groups in total. The Morgan fingerprint density at radius 3 is 2.63 bits per heavy atom. The summed E-state index contributed by atoms with van der Waals surface area (Å²) in [6.07, 6.45) is -6.02. The van der Waals surface area contributed by atoms with E-state index >= 15 is 0 Å². The molecule has 1 heterocycles. The summed E-state index contributed by atoms with van der Waals surface area (Å²) >= 11 is 0. The minimum atomic E-state index is -4.52. The van der Waals surface area contributed by atoms with Gasteiger partial charge in [-0.15, -0.1) is 0 Å². The molecule has 0 aromatic rings. The Morgan fingerprint density at radius 1 is 1.53 bits per heavy atom. The van der Waals surface area contributed by atoms with Crippen molar-refractivity contribution in [2.45, 2.75) is 31.7 Å². The van der Waals surface area contributed by atoms with Gasteiger partial charge in [-0.25, -0.2) is 9.59 Å². The molecule has 1 saturated heterocycles. The first-order chi connectivity index (χ1) is 8.75. The molecule has 0 saturated carbocycles. The molecule has 0 aliphatic carbocycles. The van der Waals surface area contributed by atoms with Crippen LogP contribution < -0.4 is 5.32 Å². The number of carbonyl (C=O) groups is 2. The van der Waals surface area contributed by atoms with Crippen molar-refractivity contribution in [1.82, 2.24) is 10.2 Å². The summed E-state index contributed by atoms with van der Waals surface area (Å²) in [7, 11) is 0. The Bertz CT molecular complexity index is 348. The van der Waals surface area contributed by atoms with Crippen molar-refractivity contribution >= 4 is 12.0 Å². The highest BCUT2D eigenvalue weighted by atomic mass is 19.4. The topological polar surface area (TPSA) is 78.9 Å². The van der Waals surface area contributed by atoms with Gasteiger partial charge in [-0.2, -0.15) is 13.2 Å². The van der Waals surface area contributed by atoms with Gasteiger partial charge < -0.3 is 20.1 Å². The Balaban J connectivity index is 2.60. The number of rotatable bonds is 3. The number of urea groups is 1. The van der Waals surface area contributed by atoms with Gasteiger partial charge in [0.15, 0.2) is 6.10 Å². The quantitative estimate of drug-likeness (QED) is 0.804. The summed E-state index contributed by atoms with van der Waals surface area (Å²) in [5.74, 6) is -1.25. The molecule has 1 rings (SSSR count). The van der Waals surface area contributed by atoms with Gasteiger partial charge in [0.05, 0.1) is 13.2 Å². The van der Waals surface area contributed by atoms with Crippen LogP contribution in [0.5, 0.6) is 0 Å². The number of hydrogen-bond donors (Lipinski definition) is 2. The monoisotopic (exact) mass is 284 g/mol. The minimum absolute atomic E-state index is 0.0206. The molecular weight excluding hydrogens is 269 g/mol. The van der Waals surface area contributed by atoms with E-state index in [1.807, 2.05) is 5.32 Å². The Labute approximate surface area is 107 Å². The number of nitrogens with one attached hydrogen (secondary N) is 1. The van der Waals surface area contributed by atoms with E-state index in [0.29, 0.717) is 0 Å². The maximum Gasteiger partial charge on any atom is 0.408 e.